The van der Waals surface area contributed by atoms with Crippen LogP contribution in [0.5, 0.6) is 0 Å². The predicted octanol–water partition coefficient (Wildman–Crippen LogP) is 5.69. The minimum atomic E-state index is -1.42. The maximum Gasteiger partial charge on any atom is 0.229 e. The molecule has 7 heteroatoms. The van der Waals surface area contributed by atoms with E-state index in [9.17, 15) is 9.00 Å². The molecule has 0 radical (unpaired) electrons. The van der Waals surface area contributed by atoms with Crippen LogP contribution in [0.15, 0.2) is 47.4 Å². The second-order valence-electron chi connectivity index (χ2n) is 8.45. The first kappa shape index (κ1) is 23.9. The molecule has 1 unspecified atom stereocenters. The maximum absolute atomic E-state index is 15.4. The van der Waals surface area contributed by atoms with Gasteiger partial charge in [0.25, 0.3) is 0 Å². The molecule has 1 saturated heterocycles. The second kappa shape index (κ2) is 9.80. The summed E-state index contributed by atoms with van der Waals surface area (Å²) in [5, 5.41) is 0.570. The molecule has 168 valence electrons. The maximum atomic E-state index is 15.4. The zero-order chi connectivity index (χ0) is 22.8. The van der Waals surface area contributed by atoms with Crippen molar-refractivity contribution in [3.05, 3.63) is 58.9 Å². The van der Waals surface area contributed by atoms with Gasteiger partial charge in [-0.2, -0.15) is 0 Å². The molecule has 1 atom stereocenters. The largest absolute Gasteiger partial charge is 0.381 e. The van der Waals surface area contributed by atoms with Gasteiger partial charge in [-0.25, -0.2) is 4.39 Å². The van der Waals surface area contributed by atoms with Gasteiger partial charge in [-0.1, -0.05) is 31.5 Å². The summed E-state index contributed by atoms with van der Waals surface area (Å²) in [5.74, 6) is -0.868. The lowest BCUT2D eigenvalue weighted by Crippen LogP contribution is -2.41. The van der Waals surface area contributed by atoms with E-state index in [1.165, 1.54) is 11.0 Å². The fourth-order valence-corrected chi connectivity index (χ4v) is 5.82. The summed E-state index contributed by atoms with van der Waals surface area (Å²) in [5.41, 5.74) is 0.906. The fraction of sp³-hybridized carbons (Fsp3) is 0.458. The van der Waals surface area contributed by atoms with Crippen molar-refractivity contribution in [2.75, 3.05) is 18.1 Å². The Bertz CT molecular complexity index is 956. The summed E-state index contributed by atoms with van der Waals surface area (Å²) in [6.45, 7) is 8.23. The molecule has 0 saturated carbocycles. The topological polar surface area (TPSA) is 46.6 Å². The highest BCUT2D eigenvalue weighted by Crippen LogP contribution is 2.42. The third-order valence-corrected chi connectivity index (χ3v) is 7.97. The molecular formula is C24H29ClFNO3S. The number of carbonyl (C=O) groups excluding carboxylic acids is 1. The number of rotatable bonds is 6. The molecule has 1 amide bonds. The van der Waals surface area contributed by atoms with E-state index in [-0.39, 0.29) is 23.6 Å². The Kier molecular flexibility index (Phi) is 7.55. The third kappa shape index (κ3) is 4.86. The Labute approximate surface area is 191 Å². The van der Waals surface area contributed by atoms with E-state index in [0.29, 0.717) is 41.5 Å². The van der Waals surface area contributed by atoms with Crippen LogP contribution in [0.2, 0.25) is 5.02 Å². The van der Waals surface area contributed by atoms with Gasteiger partial charge in [0, 0.05) is 35.1 Å². The van der Waals surface area contributed by atoms with Gasteiger partial charge >= 0.3 is 0 Å². The van der Waals surface area contributed by atoms with E-state index in [0.717, 1.165) is 0 Å². The molecule has 1 aliphatic heterocycles. The summed E-state index contributed by atoms with van der Waals surface area (Å²) in [6, 6.07) is 11.6. The first-order chi connectivity index (χ1) is 14.7. The van der Waals surface area contributed by atoms with E-state index in [1.54, 1.807) is 50.2 Å². The van der Waals surface area contributed by atoms with Gasteiger partial charge < -0.3 is 9.64 Å². The molecule has 3 rings (SSSR count). The molecule has 31 heavy (non-hydrogen) atoms. The van der Waals surface area contributed by atoms with Crippen molar-refractivity contribution < 1.29 is 18.1 Å². The van der Waals surface area contributed by atoms with Gasteiger partial charge in [0.05, 0.1) is 21.2 Å². The highest BCUT2D eigenvalue weighted by molar-refractivity contribution is 7.86. The van der Waals surface area contributed by atoms with Gasteiger partial charge in [-0.05, 0) is 68.7 Å². The summed E-state index contributed by atoms with van der Waals surface area (Å²) in [7, 11) is -1.42. The number of nitrogens with zero attached hydrogens (tertiary/aromatic N) is 1. The minimum Gasteiger partial charge on any atom is -0.381 e. The van der Waals surface area contributed by atoms with Crippen LogP contribution in [0.25, 0.3) is 0 Å². The number of carbonyl (C=O) groups is 1. The Morgan fingerprint density at radius 3 is 2.23 bits per heavy atom. The van der Waals surface area contributed by atoms with E-state index in [1.807, 2.05) is 13.8 Å². The monoisotopic (exact) mass is 465 g/mol. The number of benzene rings is 2. The summed E-state index contributed by atoms with van der Waals surface area (Å²) in [6.07, 6.45) is 1.03. The number of halogens is 2. The van der Waals surface area contributed by atoms with Crippen LogP contribution in [-0.4, -0.2) is 29.4 Å². The molecule has 1 fully saturated rings. The number of anilines is 1. The van der Waals surface area contributed by atoms with Gasteiger partial charge in [-0.15, -0.1) is 0 Å². The second-order valence-corrected chi connectivity index (χ2v) is 10.7. The number of hydrogen-bond donors (Lipinski definition) is 0. The van der Waals surface area contributed by atoms with E-state index < -0.39 is 21.4 Å². The lowest BCUT2D eigenvalue weighted by Gasteiger charge is -2.37. The molecule has 1 heterocycles. The molecule has 0 bridgehead atoms. The molecule has 2 aromatic carbocycles. The quantitative estimate of drug-likeness (QED) is 0.550. The van der Waals surface area contributed by atoms with Crippen molar-refractivity contribution in [2.45, 2.75) is 56.2 Å². The van der Waals surface area contributed by atoms with Crippen LogP contribution in [0.4, 0.5) is 10.1 Å². The van der Waals surface area contributed by atoms with Crippen LogP contribution < -0.4 is 4.90 Å². The molecule has 1 aliphatic rings. The lowest BCUT2D eigenvalue weighted by molar-refractivity contribution is -0.121. The Morgan fingerprint density at radius 1 is 1.10 bits per heavy atom. The first-order valence-corrected chi connectivity index (χ1v) is 12.1. The van der Waals surface area contributed by atoms with E-state index in [4.69, 9.17) is 16.3 Å². The smallest absolute Gasteiger partial charge is 0.229 e. The van der Waals surface area contributed by atoms with Crippen LogP contribution in [-0.2, 0) is 25.1 Å². The minimum absolute atomic E-state index is 0.132. The van der Waals surface area contributed by atoms with Crippen molar-refractivity contribution in [1.82, 2.24) is 0 Å². The Balaban J connectivity index is 2.05. The molecule has 0 aliphatic carbocycles. The van der Waals surface area contributed by atoms with Gasteiger partial charge in [0.1, 0.15) is 5.82 Å². The number of ether oxygens (including phenoxy) is 1. The SMILES string of the molecule is CC(C)C(=O)N(c1ccc(C2(S(=O)c3ccc(Cl)cc3)CCOCC2)cc1F)C(C)C. The molecule has 0 aromatic heterocycles. The van der Waals surface area contributed by atoms with Gasteiger partial charge in [-0.3, -0.25) is 9.00 Å². The van der Waals surface area contributed by atoms with Gasteiger partial charge in [0.2, 0.25) is 5.91 Å². The van der Waals surface area contributed by atoms with Crippen molar-refractivity contribution in [1.29, 1.82) is 0 Å². The highest BCUT2D eigenvalue weighted by Gasteiger charge is 2.42. The fourth-order valence-electron chi connectivity index (χ4n) is 3.98. The van der Waals surface area contributed by atoms with Crippen LogP contribution in [0.3, 0.4) is 0 Å². The van der Waals surface area contributed by atoms with Crippen molar-refractivity contribution in [2.24, 2.45) is 5.92 Å². The van der Waals surface area contributed by atoms with Gasteiger partial charge in [0.15, 0.2) is 0 Å². The standard InChI is InChI=1S/C24H29ClFNO3S/c1-16(2)23(28)27(17(3)4)22-10-5-18(15-21(22)26)24(11-13-30-14-12-24)31(29)20-8-6-19(25)7-9-20/h5-10,15-17H,11-14H2,1-4H3. The Morgan fingerprint density at radius 2 is 1.71 bits per heavy atom. The Hall–Kier alpha value is -1.76. The van der Waals surface area contributed by atoms with Crippen molar-refractivity contribution >= 4 is 34.0 Å². The molecular weight excluding hydrogens is 437 g/mol. The lowest BCUT2D eigenvalue weighted by atomic mass is 9.90. The highest BCUT2D eigenvalue weighted by atomic mass is 35.5. The van der Waals surface area contributed by atoms with Crippen molar-refractivity contribution in [3.63, 3.8) is 0 Å². The number of hydrogen-bond acceptors (Lipinski definition) is 3. The number of amides is 1. The van der Waals surface area contributed by atoms with Crippen molar-refractivity contribution in [3.8, 4) is 0 Å². The normalized spacial score (nSPS) is 17.0. The molecule has 2 aromatic rings. The average molecular weight is 466 g/mol. The third-order valence-electron chi connectivity index (χ3n) is 5.66. The molecule has 0 N–H and O–H groups in total. The van der Waals surface area contributed by atoms with E-state index >= 15 is 4.39 Å². The average Bonchev–Trinajstić information content (AvgIpc) is 2.75. The molecule has 4 nitrogen and oxygen atoms in total. The van der Waals surface area contributed by atoms with Crippen LogP contribution in [0, 0.1) is 11.7 Å². The van der Waals surface area contributed by atoms with E-state index in [2.05, 4.69) is 0 Å². The predicted molar refractivity (Wildman–Crippen MR) is 123 cm³/mol. The molecule has 0 spiro atoms. The zero-order valence-corrected chi connectivity index (χ0v) is 19.9. The van der Waals surface area contributed by atoms with Crippen LogP contribution >= 0.6 is 11.6 Å². The zero-order valence-electron chi connectivity index (χ0n) is 18.4. The summed E-state index contributed by atoms with van der Waals surface area (Å²) in [4.78, 5) is 14.8. The summed E-state index contributed by atoms with van der Waals surface area (Å²) >= 11 is 5.99. The van der Waals surface area contributed by atoms with Crippen LogP contribution in [0.1, 0.15) is 46.1 Å². The summed E-state index contributed by atoms with van der Waals surface area (Å²) < 4.78 is 33.8. The first-order valence-electron chi connectivity index (χ1n) is 10.6.